The number of hydrogen-bond donors (Lipinski definition) is 3. The molecule has 0 aliphatic carbocycles. The second-order valence-corrected chi connectivity index (χ2v) is 3.15. The van der Waals surface area contributed by atoms with Crippen molar-refractivity contribution in [3.8, 4) is 0 Å². The van der Waals surface area contributed by atoms with Crippen molar-refractivity contribution in [2.24, 2.45) is 10.8 Å². The fourth-order valence-corrected chi connectivity index (χ4v) is 1.12. The third-order valence-electron chi connectivity index (χ3n) is 1.91. The Morgan fingerprint density at radius 1 is 1.67 bits per heavy atom. The van der Waals surface area contributed by atoms with Crippen LogP contribution in [0.2, 0.25) is 0 Å². The first-order valence-corrected chi connectivity index (χ1v) is 5.07. The van der Waals surface area contributed by atoms with Crippen LogP contribution in [0.25, 0.3) is 0 Å². The molecule has 0 saturated carbocycles. The van der Waals surface area contributed by atoms with Gasteiger partial charge in [-0.15, -0.1) is 0 Å². The van der Waals surface area contributed by atoms with E-state index in [-0.39, 0.29) is 23.4 Å². The second kappa shape index (κ2) is 6.42. The third kappa shape index (κ3) is 3.92. The van der Waals surface area contributed by atoms with Crippen molar-refractivity contribution < 1.29 is 14.7 Å². The van der Waals surface area contributed by atoms with Gasteiger partial charge in [-0.1, -0.05) is 12.1 Å². The molecule has 1 aromatic rings. The van der Waals surface area contributed by atoms with Crippen LogP contribution in [0.4, 0.5) is 10.5 Å². The third-order valence-corrected chi connectivity index (χ3v) is 1.91. The SMILES string of the molecule is CCOC(=O)N/N=C(/N)c1cccc(N([O-])O)c1. The highest BCUT2D eigenvalue weighted by molar-refractivity contribution is 5.98. The van der Waals surface area contributed by atoms with Gasteiger partial charge in [0.25, 0.3) is 0 Å². The van der Waals surface area contributed by atoms with Gasteiger partial charge in [-0.25, -0.2) is 10.2 Å². The minimum Gasteiger partial charge on any atom is -0.733 e. The summed E-state index contributed by atoms with van der Waals surface area (Å²) in [5.74, 6) is -0.0215. The molecule has 0 radical (unpaired) electrons. The predicted molar refractivity (Wildman–Crippen MR) is 65.0 cm³/mol. The highest BCUT2D eigenvalue weighted by Gasteiger charge is 2.02. The number of hydrogen-bond acceptors (Lipinski definition) is 6. The van der Waals surface area contributed by atoms with Crippen LogP contribution < -0.4 is 16.4 Å². The Bertz CT molecular complexity index is 447. The smallest absolute Gasteiger partial charge is 0.427 e. The summed E-state index contributed by atoms with van der Waals surface area (Å²) in [6, 6.07) is 5.79. The number of hydrazone groups is 1. The first-order valence-electron chi connectivity index (χ1n) is 5.07. The number of benzene rings is 1. The van der Waals surface area contributed by atoms with Crippen molar-refractivity contribution in [3.63, 3.8) is 0 Å². The van der Waals surface area contributed by atoms with Crippen molar-refractivity contribution in [1.29, 1.82) is 0 Å². The standard InChI is InChI=1S/C10H13N4O4/c1-2-18-10(15)13-12-9(11)7-4-3-5-8(6-7)14(16)17/h3-6,16H,2H2,1H3,(H2,11,12)(H,13,15)/q-1. The van der Waals surface area contributed by atoms with Crippen molar-refractivity contribution >= 4 is 17.6 Å². The summed E-state index contributed by atoms with van der Waals surface area (Å²) in [5, 5.41) is 22.7. The lowest BCUT2D eigenvalue weighted by Gasteiger charge is -2.21. The number of rotatable bonds is 4. The molecule has 1 aromatic carbocycles. The second-order valence-electron chi connectivity index (χ2n) is 3.15. The lowest BCUT2D eigenvalue weighted by atomic mass is 10.2. The number of amidine groups is 1. The van der Waals surface area contributed by atoms with Gasteiger partial charge in [-0.3, -0.25) is 5.21 Å². The first kappa shape index (κ1) is 13.7. The van der Waals surface area contributed by atoms with Crippen molar-refractivity contribution in [2.75, 3.05) is 11.8 Å². The molecule has 4 N–H and O–H groups in total. The van der Waals surface area contributed by atoms with Crippen molar-refractivity contribution in [1.82, 2.24) is 5.43 Å². The summed E-state index contributed by atoms with van der Waals surface area (Å²) in [5.41, 5.74) is 8.04. The monoisotopic (exact) mass is 253 g/mol. The zero-order chi connectivity index (χ0) is 13.5. The zero-order valence-electron chi connectivity index (χ0n) is 9.66. The van der Waals surface area contributed by atoms with Crippen LogP contribution >= 0.6 is 0 Å². The van der Waals surface area contributed by atoms with Gasteiger partial charge in [0.15, 0.2) is 5.84 Å². The molecule has 0 unspecified atom stereocenters. The molecular formula is C10H13N4O4-. The van der Waals surface area contributed by atoms with Gasteiger partial charge in [0.05, 0.1) is 12.3 Å². The van der Waals surface area contributed by atoms with Gasteiger partial charge in [-0.05, 0) is 19.1 Å². The molecule has 0 bridgehead atoms. The Hall–Kier alpha value is -2.32. The molecular weight excluding hydrogens is 240 g/mol. The quantitative estimate of drug-likeness (QED) is 0.413. The molecule has 8 heteroatoms. The Kier molecular flexibility index (Phi) is 4.90. The normalized spacial score (nSPS) is 10.9. The number of amides is 1. The van der Waals surface area contributed by atoms with Crippen LogP contribution in [-0.2, 0) is 4.74 Å². The average Bonchev–Trinajstić information content (AvgIpc) is 2.36. The zero-order valence-corrected chi connectivity index (χ0v) is 9.66. The van der Waals surface area contributed by atoms with Crippen LogP contribution in [0, 0.1) is 5.21 Å². The molecule has 98 valence electrons. The maximum Gasteiger partial charge on any atom is 0.427 e. The molecule has 18 heavy (non-hydrogen) atoms. The van der Waals surface area contributed by atoms with Crippen LogP contribution in [0.5, 0.6) is 0 Å². The van der Waals surface area contributed by atoms with Gasteiger partial charge >= 0.3 is 6.09 Å². The summed E-state index contributed by atoms with van der Waals surface area (Å²) in [6.07, 6.45) is -0.732. The Morgan fingerprint density at radius 2 is 2.39 bits per heavy atom. The molecule has 0 aromatic heterocycles. The topological polar surface area (TPSA) is 123 Å². The van der Waals surface area contributed by atoms with Gasteiger partial charge in [0.2, 0.25) is 0 Å². The van der Waals surface area contributed by atoms with Gasteiger partial charge in [0.1, 0.15) is 0 Å². The molecule has 8 nitrogen and oxygen atoms in total. The lowest BCUT2D eigenvalue weighted by molar-refractivity contribution is 0.152. The fraction of sp³-hybridized carbons (Fsp3) is 0.200. The summed E-state index contributed by atoms with van der Waals surface area (Å²) in [7, 11) is 0. The lowest BCUT2D eigenvalue weighted by Crippen LogP contribution is -2.24. The maximum atomic E-state index is 11.0. The van der Waals surface area contributed by atoms with E-state index in [1.807, 2.05) is 0 Å². The van der Waals surface area contributed by atoms with E-state index in [0.29, 0.717) is 5.56 Å². The summed E-state index contributed by atoms with van der Waals surface area (Å²) < 4.78 is 4.58. The summed E-state index contributed by atoms with van der Waals surface area (Å²) in [4.78, 5) is 11.0. The van der Waals surface area contributed by atoms with E-state index in [1.54, 1.807) is 13.0 Å². The van der Waals surface area contributed by atoms with Crippen LogP contribution in [0.1, 0.15) is 12.5 Å². The van der Waals surface area contributed by atoms with E-state index < -0.39 is 6.09 Å². The minimum absolute atomic E-state index is 0.00165. The Morgan fingerprint density at radius 3 is 3.00 bits per heavy atom. The van der Waals surface area contributed by atoms with E-state index in [2.05, 4.69) is 15.3 Å². The van der Waals surface area contributed by atoms with E-state index in [0.717, 1.165) is 0 Å². The van der Waals surface area contributed by atoms with E-state index in [1.165, 1.54) is 18.2 Å². The number of nitrogens with two attached hydrogens (primary N) is 1. The molecule has 0 spiro atoms. The number of nitrogens with zero attached hydrogens (tertiary/aromatic N) is 2. The Labute approximate surface area is 103 Å². The van der Waals surface area contributed by atoms with Crippen LogP contribution in [0.3, 0.4) is 0 Å². The minimum atomic E-state index is -0.732. The average molecular weight is 253 g/mol. The van der Waals surface area contributed by atoms with Gasteiger partial charge in [-0.2, -0.15) is 5.10 Å². The fourth-order valence-electron chi connectivity index (χ4n) is 1.12. The maximum absolute atomic E-state index is 11.0. The van der Waals surface area contributed by atoms with E-state index in [9.17, 15) is 10.0 Å². The summed E-state index contributed by atoms with van der Waals surface area (Å²) in [6.45, 7) is 1.87. The highest BCUT2D eigenvalue weighted by Crippen LogP contribution is 2.13. The molecule has 0 aliphatic heterocycles. The largest absolute Gasteiger partial charge is 0.733 e. The molecule has 0 fully saturated rings. The molecule has 0 aliphatic rings. The number of anilines is 1. The first-order chi connectivity index (χ1) is 8.54. The molecule has 0 atom stereocenters. The van der Waals surface area contributed by atoms with Gasteiger partial charge < -0.3 is 20.9 Å². The molecule has 0 saturated heterocycles. The van der Waals surface area contributed by atoms with Crippen LogP contribution in [0.15, 0.2) is 29.4 Å². The molecule has 1 rings (SSSR count). The molecule has 1 amide bonds. The molecule has 0 heterocycles. The van der Waals surface area contributed by atoms with Gasteiger partial charge in [0, 0.05) is 5.56 Å². The number of ether oxygens (including phenoxy) is 1. The van der Waals surface area contributed by atoms with E-state index in [4.69, 9.17) is 10.9 Å². The van der Waals surface area contributed by atoms with Crippen LogP contribution in [-0.4, -0.2) is 23.7 Å². The number of carbonyl (C=O) groups excluding carboxylic acids is 1. The highest BCUT2D eigenvalue weighted by atomic mass is 16.8. The van der Waals surface area contributed by atoms with E-state index >= 15 is 0 Å². The number of carbonyl (C=O) groups is 1. The number of nitrogens with one attached hydrogen (secondary N) is 1. The summed E-state index contributed by atoms with van der Waals surface area (Å²) >= 11 is 0. The van der Waals surface area contributed by atoms with Crippen molar-refractivity contribution in [3.05, 3.63) is 35.0 Å². The Balaban J connectivity index is 2.77. The predicted octanol–water partition coefficient (Wildman–Crippen LogP) is 0.746. The van der Waals surface area contributed by atoms with Crippen molar-refractivity contribution in [2.45, 2.75) is 6.92 Å².